The minimum Gasteiger partial charge on any atom is -0.113 e. The van der Waals surface area contributed by atoms with Crippen LogP contribution in [-0.4, -0.2) is 0 Å². The Balaban J connectivity index is 2.55. The first-order valence-electron chi connectivity index (χ1n) is 4.26. The third-order valence-corrected chi connectivity index (χ3v) is 4.85. The van der Waals surface area contributed by atoms with E-state index in [1.165, 1.54) is 20.5 Å². The van der Waals surface area contributed by atoms with Gasteiger partial charge in [-0.2, -0.15) is 0 Å². The van der Waals surface area contributed by atoms with Crippen molar-refractivity contribution in [3.05, 3.63) is 39.5 Å². The van der Waals surface area contributed by atoms with Gasteiger partial charge in [0.05, 0.1) is 4.70 Å². The highest BCUT2D eigenvalue weighted by atomic mass is 32.2. The molecular weight excluding hydrogens is 228 g/mol. The van der Waals surface area contributed by atoms with Gasteiger partial charge in [0.25, 0.3) is 0 Å². The van der Waals surface area contributed by atoms with Gasteiger partial charge in [-0.15, -0.1) is 22.7 Å². The van der Waals surface area contributed by atoms with Crippen molar-refractivity contribution >= 4 is 44.3 Å². The van der Waals surface area contributed by atoms with E-state index in [0.717, 1.165) is 3.14 Å². The van der Waals surface area contributed by atoms with E-state index in [0.29, 0.717) is 0 Å². The molecule has 0 atom stereocenters. The number of fused-ring (bicyclic) bond motifs is 3. The molecule has 68 valence electrons. The van der Waals surface area contributed by atoms with E-state index in [-0.39, 0.29) is 0 Å². The van der Waals surface area contributed by atoms with Gasteiger partial charge in [0.2, 0.25) is 0 Å². The van der Waals surface area contributed by atoms with Gasteiger partial charge >= 0.3 is 0 Å². The third kappa shape index (κ3) is 1.21. The zero-order chi connectivity index (χ0) is 9.54. The minimum atomic E-state index is 1.02. The Morgan fingerprint density at radius 3 is 2.79 bits per heavy atom. The van der Waals surface area contributed by atoms with Crippen LogP contribution in [0.15, 0.2) is 36.4 Å². The highest BCUT2D eigenvalue weighted by Crippen LogP contribution is 2.40. The minimum absolute atomic E-state index is 1.02. The lowest BCUT2D eigenvalue weighted by molar-refractivity contribution is 1.86. The zero-order valence-electron chi connectivity index (χ0n) is 7.19. The third-order valence-electron chi connectivity index (χ3n) is 2.21. The fourth-order valence-electron chi connectivity index (χ4n) is 1.61. The van der Waals surface area contributed by atoms with Crippen molar-refractivity contribution in [2.45, 2.75) is 0 Å². The molecule has 0 nitrogen and oxygen atoms in total. The van der Waals surface area contributed by atoms with Crippen molar-refractivity contribution < 1.29 is 0 Å². The molecule has 1 heterocycles. The second kappa shape index (κ2) is 3.12. The maximum Gasteiger partial charge on any atom is 0.144 e. The predicted molar refractivity (Wildman–Crippen MR) is 67.2 cm³/mol. The number of rotatable bonds is 0. The van der Waals surface area contributed by atoms with E-state index in [1.807, 2.05) is 0 Å². The molecule has 0 radical (unpaired) electrons. The molecule has 2 aliphatic rings. The van der Waals surface area contributed by atoms with E-state index >= 15 is 0 Å². The molecule has 0 saturated heterocycles. The molecule has 0 fully saturated rings. The van der Waals surface area contributed by atoms with Crippen LogP contribution < -0.4 is 0 Å². The van der Waals surface area contributed by atoms with E-state index < -0.39 is 0 Å². The lowest BCUT2D eigenvalue weighted by Crippen LogP contribution is -1.61. The summed E-state index contributed by atoms with van der Waals surface area (Å²) in [5, 5.41) is 0. The molecule has 3 rings (SSSR count). The second-order valence-electron chi connectivity index (χ2n) is 3.07. The van der Waals surface area contributed by atoms with Crippen molar-refractivity contribution in [2.24, 2.45) is 0 Å². The van der Waals surface area contributed by atoms with E-state index in [2.05, 4.69) is 36.4 Å². The van der Waals surface area contributed by atoms with Gasteiger partial charge in [0.1, 0.15) is 3.14 Å². The molecule has 0 unspecified atom stereocenters. The summed E-state index contributed by atoms with van der Waals surface area (Å²) in [4.78, 5) is 0. The molecule has 0 saturated carbocycles. The van der Waals surface area contributed by atoms with E-state index in [9.17, 15) is 0 Å². The maximum atomic E-state index is 5.19. The average molecular weight is 234 g/mol. The summed E-state index contributed by atoms with van der Waals surface area (Å²) in [6, 6.07) is 12.7. The van der Waals surface area contributed by atoms with Crippen LogP contribution in [0.3, 0.4) is 0 Å². The molecule has 0 aliphatic heterocycles. The molecule has 1 aromatic rings. The van der Waals surface area contributed by atoms with Crippen molar-refractivity contribution in [3.63, 3.8) is 0 Å². The number of hydrogen-bond acceptors (Lipinski definition) is 3. The Bertz CT molecular complexity index is 618. The molecular formula is C11H6S3. The fourth-order valence-corrected chi connectivity index (χ4v) is 4.25. The van der Waals surface area contributed by atoms with Gasteiger partial charge in [-0.1, -0.05) is 42.5 Å². The zero-order valence-corrected chi connectivity index (χ0v) is 9.64. The molecule has 0 spiro atoms. The molecule has 3 heteroatoms. The van der Waals surface area contributed by atoms with Gasteiger partial charge < -0.3 is 0 Å². The van der Waals surface area contributed by atoms with Crippen LogP contribution in [-0.2, 0) is 0 Å². The molecule has 0 N–H and O–H groups in total. The van der Waals surface area contributed by atoms with Crippen molar-refractivity contribution in [2.75, 3.05) is 0 Å². The van der Waals surface area contributed by atoms with Crippen molar-refractivity contribution in [1.82, 2.24) is 0 Å². The second-order valence-corrected chi connectivity index (χ2v) is 6.33. The standard InChI is InChI=1S/C11H6S3/c12-11-13-9-6-7-4-2-1-3-5-8(7)10(9)14-11/h1-6H. The molecule has 2 aliphatic carbocycles. The maximum absolute atomic E-state index is 5.19. The average Bonchev–Trinajstić information content (AvgIpc) is 2.55. The van der Waals surface area contributed by atoms with Crippen LogP contribution in [0.4, 0.5) is 0 Å². The summed E-state index contributed by atoms with van der Waals surface area (Å²) in [5.74, 6) is 0. The fraction of sp³-hybridized carbons (Fsp3) is 0. The van der Waals surface area contributed by atoms with Crippen LogP contribution in [0.25, 0.3) is 20.5 Å². The monoisotopic (exact) mass is 234 g/mol. The van der Waals surface area contributed by atoms with Gasteiger partial charge in [0.15, 0.2) is 0 Å². The Hall–Kier alpha value is -0.770. The van der Waals surface area contributed by atoms with Crippen molar-refractivity contribution in [1.29, 1.82) is 0 Å². The smallest absolute Gasteiger partial charge is 0.113 e. The quantitative estimate of drug-likeness (QED) is 0.504. The Morgan fingerprint density at radius 1 is 1.00 bits per heavy atom. The summed E-state index contributed by atoms with van der Waals surface area (Å²) >= 11 is 8.62. The first-order valence-corrected chi connectivity index (χ1v) is 6.30. The normalized spacial score (nSPS) is 11.1. The van der Waals surface area contributed by atoms with Gasteiger partial charge in [-0.05, 0) is 11.6 Å². The molecule has 0 amide bonds. The van der Waals surface area contributed by atoms with Crippen molar-refractivity contribution in [3.8, 4) is 11.1 Å². The van der Waals surface area contributed by atoms with Gasteiger partial charge in [-0.25, -0.2) is 0 Å². The van der Waals surface area contributed by atoms with Crippen LogP contribution in [0.2, 0.25) is 0 Å². The van der Waals surface area contributed by atoms with Gasteiger partial charge in [0, 0.05) is 10.3 Å². The Morgan fingerprint density at radius 2 is 1.86 bits per heavy atom. The van der Waals surface area contributed by atoms with E-state index in [4.69, 9.17) is 12.2 Å². The van der Waals surface area contributed by atoms with Crippen LogP contribution in [0.1, 0.15) is 0 Å². The molecule has 14 heavy (non-hydrogen) atoms. The van der Waals surface area contributed by atoms with Crippen LogP contribution >= 0.6 is 34.9 Å². The summed E-state index contributed by atoms with van der Waals surface area (Å²) in [5.41, 5.74) is 2.63. The first kappa shape index (κ1) is 8.53. The Kier molecular flexibility index (Phi) is 1.90. The highest BCUT2D eigenvalue weighted by molar-refractivity contribution is 7.77. The summed E-state index contributed by atoms with van der Waals surface area (Å²) in [6.07, 6.45) is 0. The molecule has 1 aromatic heterocycles. The lowest BCUT2D eigenvalue weighted by atomic mass is 10.2. The molecule has 0 bridgehead atoms. The Labute approximate surface area is 94.8 Å². The van der Waals surface area contributed by atoms with Gasteiger partial charge in [-0.3, -0.25) is 0 Å². The number of hydrogen-bond donors (Lipinski definition) is 0. The first-order chi connectivity index (χ1) is 6.84. The predicted octanol–water partition coefficient (Wildman–Crippen LogP) is 4.80. The van der Waals surface area contributed by atoms with Crippen LogP contribution in [0, 0.1) is 3.14 Å². The summed E-state index contributed by atoms with van der Waals surface area (Å²) in [6.45, 7) is 0. The van der Waals surface area contributed by atoms with E-state index in [1.54, 1.807) is 22.7 Å². The summed E-state index contributed by atoms with van der Waals surface area (Å²) in [7, 11) is 0. The largest absolute Gasteiger partial charge is 0.144 e. The molecule has 0 aromatic carbocycles. The SMILES string of the molecule is S=c1sc2cc3cccccc-3c2s1. The van der Waals surface area contributed by atoms with Crippen LogP contribution in [0.5, 0.6) is 0 Å². The highest BCUT2D eigenvalue weighted by Gasteiger charge is 2.10. The summed E-state index contributed by atoms with van der Waals surface area (Å²) < 4.78 is 3.68. The topological polar surface area (TPSA) is 0 Å². The lowest BCUT2D eigenvalue weighted by Gasteiger charge is -1.88.